The molecule has 1 saturated heterocycles. The molecule has 0 radical (unpaired) electrons. The zero-order valence-corrected chi connectivity index (χ0v) is 11.4. The lowest BCUT2D eigenvalue weighted by Crippen LogP contribution is -2.21. The normalized spacial score (nSPS) is 15.7. The van der Waals surface area contributed by atoms with Gasteiger partial charge in [0.25, 0.3) is 0 Å². The largest absolute Gasteiger partial charge is 0.381 e. The van der Waals surface area contributed by atoms with Crippen molar-refractivity contribution >= 4 is 23.4 Å². The number of anilines is 1. The average Bonchev–Trinajstić information content (AvgIpc) is 2.46. The maximum Gasteiger partial charge on any atom is 0.234 e. The number of ether oxygens (including phenoxy) is 1. The summed E-state index contributed by atoms with van der Waals surface area (Å²) in [7, 11) is 0. The molecule has 1 heterocycles. The van der Waals surface area contributed by atoms with Gasteiger partial charge in [0, 0.05) is 24.2 Å². The van der Waals surface area contributed by atoms with Crippen LogP contribution in [-0.2, 0) is 9.53 Å². The topological polar surface area (TPSA) is 62.1 Å². The van der Waals surface area contributed by atoms with E-state index in [1.807, 2.05) is 0 Å². The quantitative estimate of drug-likeness (QED) is 0.917. The van der Waals surface area contributed by atoms with Crippen molar-refractivity contribution in [3.8, 4) is 6.07 Å². The second-order valence-electron chi connectivity index (χ2n) is 4.36. The van der Waals surface area contributed by atoms with E-state index in [1.54, 1.807) is 36.0 Å². The van der Waals surface area contributed by atoms with Crippen LogP contribution in [0.25, 0.3) is 0 Å². The Morgan fingerprint density at radius 3 is 3.00 bits per heavy atom. The van der Waals surface area contributed by atoms with Gasteiger partial charge in [-0.2, -0.15) is 5.26 Å². The van der Waals surface area contributed by atoms with Crippen LogP contribution >= 0.6 is 11.8 Å². The summed E-state index contributed by atoms with van der Waals surface area (Å²) in [5.41, 5.74) is 1.23. The SMILES string of the molecule is N#Cc1cccc(NC(=O)CSC2CCOCC2)c1. The van der Waals surface area contributed by atoms with Gasteiger partial charge in [-0.1, -0.05) is 6.07 Å². The van der Waals surface area contributed by atoms with Crippen molar-refractivity contribution in [1.82, 2.24) is 0 Å². The molecule has 0 atom stereocenters. The van der Waals surface area contributed by atoms with Gasteiger partial charge in [-0.15, -0.1) is 11.8 Å². The Morgan fingerprint density at radius 1 is 1.47 bits per heavy atom. The molecule has 0 spiro atoms. The van der Waals surface area contributed by atoms with Crippen LogP contribution in [0.15, 0.2) is 24.3 Å². The molecule has 19 heavy (non-hydrogen) atoms. The summed E-state index contributed by atoms with van der Waals surface area (Å²) in [6.45, 7) is 1.59. The zero-order valence-electron chi connectivity index (χ0n) is 10.6. The summed E-state index contributed by atoms with van der Waals surface area (Å²) in [6, 6.07) is 9.00. The number of carbonyl (C=O) groups is 1. The highest BCUT2D eigenvalue weighted by atomic mass is 32.2. The lowest BCUT2D eigenvalue weighted by atomic mass is 10.2. The van der Waals surface area contributed by atoms with Crippen LogP contribution < -0.4 is 5.32 Å². The van der Waals surface area contributed by atoms with Gasteiger partial charge in [-0.3, -0.25) is 4.79 Å². The Labute approximate surface area is 117 Å². The summed E-state index contributed by atoms with van der Waals surface area (Å²) in [5.74, 6) is 0.424. The van der Waals surface area contributed by atoms with Crippen LogP contribution in [-0.4, -0.2) is 30.1 Å². The van der Waals surface area contributed by atoms with Crippen molar-refractivity contribution in [1.29, 1.82) is 5.26 Å². The third-order valence-corrected chi connectivity index (χ3v) is 4.27. The van der Waals surface area contributed by atoms with Crippen LogP contribution in [0, 0.1) is 11.3 Å². The molecule has 1 aliphatic heterocycles. The third kappa shape index (κ3) is 4.58. The van der Waals surface area contributed by atoms with Crippen LogP contribution in [0.3, 0.4) is 0 Å². The van der Waals surface area contributed by atoms with E-state index in [4.69, 9.17) is 10.00 Å². The Hall–Kier alpha value is -1.51. The van der Waals surface area contributed by atoms with Crippen LogP contribution in [0.4, 0.5) is 5.69 Å². The summed E-state index contributed by atoms with van der Waals surface area (Å²) in [5, 5.41) is 12.1. The van der Waals surface area contributed by atoms with E-state index in [0.717, 1.165) is 26.1 Å². The van der Waals surface area contributed by atoms with Gasteiger partial charge in [0.2, 0.25) is 5.91 Å². The predicted molar refractivity (Wildman–Crippen MR) is 76.1 cm³/mol. The first-order valence-corrected chi connectivity index (χ1v) is 7.32. The van der Waals surface area contributed by atoms with E-state index in [1.165, 1.54) is 0 Å². The van der Waals surface area contributed by atoms with E-state index in [9.17, 15) is 4.79 Å². The Morgan fingerprint density at radius 2 is 2.26 bits per heavy atom. The molecule has 1 aromatic carbocycles. The summed E-state index contributed by atoms with van der Waals surface area (Å²) < 4.78 is 5.28. The maximum atomic E-state index is 11.8. The molecule has 1 aromatic rings. The molecular weight excluding hydrogens is 260 g/mol. The van der Waals surface area contributed by atoms with Crippen molar-refractivity contribution in [3.63, 3.8) is 0 Å². The highest BCUT2D eigenvalue weighted by molar-refractivity contribution is 8.00. The van der Waals surface area contributed by atoms with Gasteiger partial charge in [0.15, 0.2) is 0 Å². The standard InChI is InChI=1S/C14H16N2O2S/c15-9-11-2-1-3-12(8-11)16-14(17)10-19-13-4-6-18-7-5-13/h1-3,8,13H,4-7,10H2,(H,16,17). The van der Waals surface area contributed by atoms with Crippen LogP contribution in [0.5, 0.6) is 0 Å². The van der Waals surface area contributed by atoms with Gasteiger partial charge in [0.1, 0.15) is 0 Å². The smallest absolute Gasteiger partial charge is 0.234 e. The van der Waals surface area contributed by atoms with Crippen molar-refractivity contribution in [2.75, 3.05) is 24.3 Å². The number of hydrogen-bond donors (Lipinski definition) is 1. The number of nitriles is 1. The number of benzene rings is 1. The van der Waals surface area contributed by atoms with E-state index in [-0.39, 0.29) is 5.91 Å². The minimum atomic E-state index is -0.0217. The van der Waals surface area contributed by atoms with Gasteiger partial charge >= 0.3 is 0 Å². The van der Waals surface area contributed by atoms with Gasteiger partial charge < -0.3 is 10.1 Å². The van der Waals surface area contributed by atoms with Gasteiger partial charge in [-0.25, -0.2) is 0 Å². The molecule has 1 fully saturated rings. The summed E-state index contributed by atoms with van der Waals surface area (Å²) >= 11 is 1.68. The molecular formula is C14H16N2O2S. The zero-order chi connectivity index (χ0) is 13.5. The second kappa shape index (κ2) is 7.17. The number of hydrogen-bond acceptors (Lipinski definition) is 4. The lowest BCUT2D eigenvalue weighted by Gasteiger charge is -2.21. The minimum Gasteiger partial charge on any atom is -0.381 e. The molecule has 0 saturated carbocycles. The molecule has 0 unspecified atom stereocenters. The predicted octanol–water partition coefficient (Wildman–Crippen LogP) is 2.41. The van der Waals surface area contributed by atoms with Crippen molar-refractivity contribution in [2.24, 2.45) is 0 Å². The fraction of sp³-hybridized carbons (Fsp3) is 0.429. The van der Waals surface area contributed by atoms with Crippen LogP contribution in [0.1, 0.15) is 18.4 Å². The first-order chi connectivity index (χ1) is 9.28. The molecule has 1 amide bonds. The number of thioether (sulfide) groups is 1. The number of rotatable bonds is 4. The van der Waals surface area contributed by atoms with Crippen molar-refractivity contribution < 1.29 is 9.53 Å². The maximum absolute atomic E-state index is 11.8. The summed E-state index contributed by atoms with van der Waals surface area (Å²) in [6.07, 6.45) is 2.03. The van der Waals surface area contributed by atoms with Gasteiger partial charge in [0.05, 0.1) is 17.4 Å². The Bertz CT molecular complexity index is 479. The first kappa shape index (κ1) is 13.9. The van der Waals surface area contributed by atoms with Crippen molar-refractivity contribution in [3.05, 3.63) is 29.8 Å². The number of nitrogens with zero attached hydrogens (tertiary/aromatic N) is 1. The fourth-order valence-corrected chi connectivity index (χ4v) is 2.88. The Balaban J connectivity index is 1.78. The van der Waals surface area contributed by atoms with E-state index < -0.39 is 0 Å². The lowest BCUT2D eigenvalue weighted by molar-refractivity contribution is -0.113. The van der Waals surface area contributed by atoms with Crippen molar-refractivity contribution in [2.45, 2.75) is 18.1 Å². The number of carbonyl (C=O) groups excluding carboxylic acids is 1. The van der Waals surface area contributed by atoms with Crippen LogP contribution in [0.2, 0.25) is 0 Å². The Kier molecular flexibility index (Phi) is 5.25. The molecule has 0 aliphatic carbocycles. The number of nitrogens with one attached hydrogen (secondary N) is 1. The van der Waals surface area contributed by atoms with Gasteiger partial charge in [-0.05, 0) is 31.0 Å². The highest BCUT2D eigenvalue weighted by Crippen LogP contribution is 2.22. The number of amides is 1. The van der Waals surface area contributed by atoms with E-state index in [0.29, 0.717) is 22.3 Å². The summed E-state index contributed by atoms with van der Waals surface area (Å²) in [4.78, 5) is 11.8. The monoisotopic (exact) mass is 276 g/mol. The molecule has 5 heteroatoms. The highest BCUT2D eigenvalue weighted by Gasteiger charge is 2.15. The minimum absolute atomic E-state index is 0.0217. The second-order valence-corrected chi connectivity index (χ2v) is 5.65. The average molecular weight is 276 g/mol. The molecule has 0 aromatic heterocycles. The molecule has 100 valence electrons. The molecule has 1 aliphatic rings. The molecule has 2 rings (SSSR count). The molecule has 1 N–H and O–H groups in total. The molecule has 4 nitrogen and oxygen atoms in total. The fourth-order valence-electron chi connectivity index (χ4n) is 1.90. The van der Waals surface area contributed by atoms with E-state index >= 15 is 0 Å². The first-order valence-electron chi connectivity index (χ1n) is 6.27. The van der Waals surface area contributed by atoms with E-state index in [2.05, 4.69) is 11.4 Å². The molecule has 0 bridgehead atoms. The third-order valence-electron chi connectivity index (χ3n) is 2.89.